The van der Waals surface area contributed by atoms with E-state index in [2.05, 4.69) is 15.5 Å². The summed E-state index contributed by atoms with van der Waals surface area (Å²) in [5.74, 6) is -0.297. The van der Waals surface area contributed by atoms with Gasteiger partial charge in [-0.3, -0.25) is 0 Å². The molecule has 0 amide bonds. The fourth-order valence-electron chi connectivity index (χ4n) is 1.55. The number of benzene rings is 1. The first-order valence-corrected chi connectivity index (χ1v) is 6.79. The quantitative estimate of drug-likeness (QED) is 0.918. The number of halogens is 2. The topological polar surface area (TPSA) is 37.8 Å². The number of nitrogens with one attached hydrogen (secondary N) is 1. The van der Waals surface area contributed by atoms with E-state index in [0.717, 1.165) is 23.0 Å². The zero-order valence-electron chi connectivity index (χ0n) is 9.91. The van der Waals surface area contributed by atoms with Crippen LogP contribution in [0.25, 0.3) is 0 Å². The van der Waals surface area contributed by atoms with Gasteiger partial charge in [0.05, 0.1) is 0 Å². The highest BCUT2D eigenvalue weighted by Gasteiger charge is 2.11. The van der Waals surface area contributed by atoms with E-state index in [1.165, 1.54) is 17.4 Å². The van der Waals surface area contributed by atoms with Crippen LogP contribution in [0.5, 0.6) is 0 Å². The Bertz CT molecular complexity index is 510. The number of rotatable bonds is 5. The molecule has 3 nitrogen and oxygen atoms in total. The Morgan fingerprint density at radius 1 is 1.33 bits per heavy atom. The maximum Gasteiger partial charge on any atom is 0.128 e. The van der Waals surface area contributed by atoms with Crippen molar-refractivity contribution in [3.05, 3.63) is 44.6 Å². The van der Waals surface area contributed by atoms with Gasteiger partial charge in [0.15, 0.2) is 0 Å². The molecule has 2 aromatic rings. The van der Waals surface area contributed by atoms with Crippen LogP contribution in [0.4, 0.5) is 4.39 Å². The Balaban J connectivity index is 2.11. The van der Waals surface area contributed by atoms with E-state index in [1.807, 2.05) is 7.05 Å². The third kappa shape index (κ3) is 3.25. The zero-order chi connectivity index (χ0) is 13.0. The molecular weight excluding hydrogens is 273 g/mol. The van der Waals surface area contributed by atoms with Gasteiger partial charge in [0, 0.05) is 30.0 Å². The minimum absolute atomic E-state index is 0.297. The number of aromatic nitrogens is 2. The van der Waals surface area contributed by atoms with Crippen LogP contribution in [0.3, 0.4) is 0 Å². The van der Waals surface area contributed by atoms with Crippen LogP contribution in [0.1, 0.15) is 15.6 Å². The number of likely N-dealkylation sites (N-methyl/N-ethyl adjacent to an activating group) is 1. The van der Waals surface area contributed by atoms with Crippen LogP contribution < -0.4 is 5.32 Å². The van der Waals surface area contributed by atoms with Gasteiger partial charge < -0.3 is 5.32 Å². The molecule has 0 saturated carbocycles. The van der Waals surface area contributed by atoms with Gasteiger partial charge in [0.2, 0.25) is 0 Å². The number of nitrogens with zero attached hydrogens (tertiary/aromatic N) is 2. The molecule has 2 rings (SSSR count). The largest absolute Gasteiger partial charge is 0.319 e. The van der Waals surface area contributed by atoms with Gasteiger partial charge in [0.25, 0.3) is 0 Å². The molecule has 1 heterocycles. The highest BCUT2D eigenvalue weighted by molar-refractivity contribution is 7.11. The van der Waals surface area contributed by atoms with Gasteiger partial charge in [-0.05, 0) is 19.2 Å². The molecule has 1 N–H and O–H groups in total. The summed E-state index contributed by atoms with van der Waals surface area (Å²) in [6.07, 6.45) is 1.22. The van der Waals surface area contributed by atoms with Crippen molar-refractivity contribution in [1.82, 2.24) is 15.5 Å². The lowest BCUT2D eigenvalue weighted by Crippen LogP contribution is -2.09. The zero-order valence-corrected chi connectivity index (χ0v) is 11.5. The summed E-state index contributed by atoms with van der Waals surface area (Å²) in [5.41, 5.74) is 0.482. The number of hydrogen-bond acceptors (Lipinski definition) is 4. The van der Waals surface area contributed by atoms with Gasteiger partial charge in [-0.15, -0.1) is 21.5 Å². The van der Waals surface area contributed by atoms with Crippen LogP contribution in [0, 0.1) is 5.82 Å². The van der Waals surface area contributed by atoms with Gasteiger partial charge in [-0.2, -0.15) is 0 Å². The molecule has 0 atom stereocenters. The molecule has 0 aliphatic rings. The Labute approximate surface area is 114 Å². The van der Waals surface area contributed by atoms with E-state index in [1.54, 1.807) is 12.1 Å². The maximum atomic E-state index is 13.6. The molecule has 96 valence electrons. The first kappa shape index (κ1) is 13.4. The minimum Gasteiger partial charge on any atom is -0.319 e. The van der Waals surface area contributed by atoms with Gasteiger partial charge in [-0.1, -0.05) is 17.7 Å². The molecule has 0 saturated heterocycles. The van der Waals surface area contributed by atoms with Crippen LogP contribution >= 0.6 is 22.9 Å². The highest BCUT2D eigenvalue weighted by Crippen LogP contribution is 2.23. The van der Waals surface area contributed by atoms with Crippen LogP contribution in [-0.2, 0) is 12.8 Å². The van der Waals surface area contributed by atoms with Gasteiger partial charge in [-0.25, -0.2) is 4.39 Å². The predicted octanol–water partition coefficient (Wildman–Crippen LogP) is 2.68. The molecule has 0 radical (unpaired) electrons. The molecule has 1 aromatic carbocycles. The lowest BCUT2D eigenvalue weighted by Gasteiger charge is -2.02. The second-order valence-corrected chi connectivity index (χ2v) is 5.37. The molecule has 0 unspecified atom stereocenters. The van der Waals surface area contributed by atoms with Crippen LogP contribution in [0.2, 0.25) is 5.02 Å². The fraction of sp³-hybridized carbons (Fsp3) is 0.333. The van der Waals surface area contributed by atoms with E-state index in [4.69, 9.17) is 11.6 Å². The number of hydrogen-bond donors (Lipinski definition) is 1. The summed E-state index contributed by atoms with van der Waals surface area (Å²) in [5, 5.41) is 13.4. The summed E-state index contributed by atoms with van der Waals surface area (Å²) < 4.78 is 13.6. The molecule has 1 aromatic heterocycles. The summed E-state index contributed by atoms with van der Waals surface area (Å²) in [6.45, 7) is 0.856. The highest BCUT2D eigenvalue weighted by atomic mass is 35.5. The second-order valence-electron chi connectivity index (χ2n) is 3.82. The third-order valence-electron chi connectivity index (χ3n) is 2.49. The first-order valence-electron chi connectivity index (χ1n) is 5.59. The van der Waals surface area contributed by atoms with Crippen molar-refractivity contribution in [2.45, 2.75) is 12.8 Å². The van der Waals surface area contributed by atoms with E-state index < -0.39 is 0 Å². The average Bonchev–Trinajstić information content (AvgIpc) is 2.79. The summed E-state index contributed by atoms with van der Waals surface area (Å²) in [4.78, 5) is 0. The SMILES string of the molecule is CNCCc1nnc(Cc2c(F)cccc2Cl)s1. The third-order valence-corrected chi connectivity index (χ3v) is 3.82. The predicted molar refractivity (Wildman–Crippen MR) is 71.8 cm³/mol. The lowest BCUT2D eigenvalue weighted by molar-refractivity contribution is 0.613. The van der Waals surface area contributed by atoms with Crippen molar-refractivity contribution < 1.29 is 4.39 Å². The molecule has 18 heavy (non-hydrogen) atoms. The van der Waals surface area contributed by atoms with Crippen molar-refractivity contribution in [2.24, 2.45) is 0 Å². The Morgan fingerprint density at radius 2 is 2.11 bits per heavy atom. The molecule has 6 heteroatoms. The van der Waals surface area contributed by atoms with Gasteiger partial charge in [0.1, 0.15) is 15.8 Å². The van der Waals surface area contributed by atoms with Crippen molar-refractivity contribution >= 4 is 22.9 Å². The second kappa shape index (κ2) is 6.22. The van der Waals surface area contributed by atoms with E-state index in [9.17, 15) is 4.39 Å². The van der Waals surface area contributed by atoms with E-state index >= 15 is 0 Å². The van der Waals surface area contributed by atoms with Crippen molar-refractivity contribution in [3.63, 3.8) is 0 Å². The van der Waals surface area contributed by atoms with Crippen LogP contribution in [0.15, 0.2) is 18.2 Å². The smallest absolute Gasteiger partial charge is 0.128 e. The summed E-state index contributed by atoms with van der Waals surface area (Å²) in [6, 6.07) is 4.69. The minimum atomic E-state index is -0.297. The Morgan fingerprint density at radius 3 is 2.83 bits per heavy atom. The average molecular weight is 286 g/mol. The molecule has 0 aliphatic carbocycles. The van der Waals surface area contributed by atoms with E-state index in [-0.39, 0.29) is 5.82 Å². The normalized spacial score (nSPS) is 10.8. The first-order chi connectivity index (χ1) is 8.70. The molecule has 0 spiro atoms. The summed E-state index contributed by atoms with van der Waals surface area (Å²) in [7, 11) is 1.89. The van der Waals surface area contributed by atoms with E-state index in [0.29, 0.717) is 17.0 Å². The molecule has 0 bridgehead atoms. The summed E-state index contributed by atoms with van der Waals surface area (Å²) >= 11 is 7.47. The van der Waals surface area contributed by atoms with Crippen molar-refractivity contribution in [3.8, 4) is 0 Å². The Kier molecular flexibility index (Phi) is 4.63. The lowest BCUT2D eigenvalue weighted by atomic mass is 10.1. The van der Waals surface area contributed by atoms with Crippen molar-refractivity contribution in [1.29, 1.82) is 0 Å². The molecule has 0 fully saturated rings. The van der Waals surface area contributed by atoms with Crippen molar-refractivity contribution in [2.75, 3.05) is 13.6 Å². The van der Waals surface area contributed by atoms with Gasteiger partial charge >= 0.3 is 0 Å². The fourth-order valence-corrected chi connectivity index (χ4v) is 2.63. The Hall–Kier alpha value is -1.04. The molecular formula is C12H13ClFN3S. The molecule has 0 aliphatic heterocycles. The maximum absolute atomic E-state index is 13.6. The standard InChI is InChI=1S/C12H13ClFN3S/c1-15-6-5-11-16-17-12(18-11)7-8-9(13)3-2-4-10(8)14/h2-4,15H,5-7H2,1H3. The van der Waals surface area contributed by atoms with Crippen LogP contribution in [-0.4, -0.2) is 23.8 Å². The monoisotopic (exact) mass is 285 g/mol.